The Morgan fingerprint density at radius 1 is 1.37 bits per heavy atom. The van der Waals surface area contributed by atoms with Crippen LogP contribution >= 0.6 is 11.6 Å². The van der Waals surface area contributed by atoms with Gasteiger partial charge in [0.25, 0.3) is 0 Å². The molecule has 1 aliphatic rings. The van der Waals surface area contributed by atoms with Crippen LogP contribution in [0.2, 0.25) is 0 Å². The molecule has 1 fully saturated rings. The molecule has 2 aromatic rings. The molecule has 0 N–H and O–H groups in total. The van der Waals surface area contributed by atoms with Gasteiger partial charge >= 0.3 is 0 Å². The summed E-state index contributed by atoms with van der Waals surface area (Å²) in [5.41, 5.74) is 1.89. The molecule has 2 aromatic heterocycles. The lowest BCUT2D eigenvalue weighted by Gasteiger charge is -2.22. The normalized spacial score (nSPS) is 18.2. The summed E-state index contributed by atoms with van der Waals surface area (Å²) in [6, 6.07) is 4.27. The predicted molar refractivity (Wildman–Crippen MR) is 77.5 cm³/mol. The number of nitrogens with zero attached hydrogens (tertiary/aromatic N) is 4. The zero-order valence-corrected chi connectivity index (χ0v) is 12.0. The van der Waals surface area contributed by atoms with Crippen molar-refractivity contribution in [2.45, 2.75) is 31.7 Å². The van der Waals surface area contributed by atoms with E-state index in [9.17, 15) is 0 Å². The largest absolute Gasteiger partial charge is 0.308 e. The number of alkyl halides is 1. The average Bonchev–Trinajstić information content (AvgIpc) is 3.04. The van der Waals surface area contributed by atoms with E-state index >= 15 is 0 Å². The molecule has 0 spiro atoms. The van der Waals surface area contributed by atoms with Crippen molar-refractivity contribution in [1.82, 2.24) is 19.4 Å². The Morgan fingerprint density at radius 3 is 2.89 bits per heavy atom. The lowest BCUT2D eigenvalue weighted by molar-refractivity contribution is 0.288. The third-order valence-electron chi connectivity index (χ3n) is 3.80. The molecule has 1 unspecified atom stereocenters. The van der Waals surface area contributed by atoms with E-state index in [-0.39, 0.29) is 0 Å². The number of hydrogen-bond acceptors (Lipinski definition) is 3. The summed E-state index contributed by atoms with van der Waals surface area (Å²) in [7, 11) is 0. The summed E-state index contributed by atoms with van der Waals surface area (Å²) in [5, 5.41) is 0. The number of fused-ring (bicyclic) bond motifs is 1. The van der Waals surface area contributed by atoms with Gasteiger partial charge < -0.3 is 9.47 Å². The maximum absolute atomic E-state index is 6.04. The summed E-state index contributed by atoms with van der Waals surface area (Å²) in [6.07, 6.45) is 4.46. The lowest BCUT2D eigenvalue weighted by Crippen LogP contribution is -2.27. The smallest absolute Gasteiger partial charge is 0.160 e. The summed E-state index contributed by atoms with van der Waals surface area (Å²) in [6.45, 7) is 5.69. The highest BCUT2D eigenvalue weighted by Gasteiger charge is 2.20. The van der Waals surface area contributed by atoms with Gasteiger partial charge in [-0.25, -0.2) is 9.97 Å². The second kappa shape index (κ2) is 5.47. The van der Waals surface area contributed by atoms with E-state index in [1.807, 2.05) is 18.3 Å². The molecule has 0 bridgehead atoms. The van der Waals surface area contributed by atoms with Crippen LogP contribution in [0.15, 0.2) is 18.3 Å². The molecular weight excluding hydrogens is 260 g/mol. The first-order valence-electron chi connectivity index (χ1n) is 6.89. The van der Waals surface area contributed by atoms with E-state index in [2.05, 4.69) is 26.4 Å². The SMILES string of the molecule is CC(CN1CCCC1)n1c(CCl)nc2cccnc21. The first kappa shape index (κ1) is 12.9. The van der Waals surface area contributed by atoms with Gasteiger partial charge in [0.15, 0.2) is 5.65 Å². The second-order valence-electron chi connectivity index (χ2n) is 5.23. The maximum Gasteiger partial charge on any atom is 0.160 e. The fourth-order valence-corrected chi connectivity index (χ4v) is 3.14. The van der Waals surface area contributed by atoms with Crippen LogP contribution in [0.4, 0.5) is 0 Å². The van der Waals surface area contributed by atoms with Gasteiger partial charge in [-0.05, 0) is 45.0 Å². The molecule has 0 aromatic carbocycles. The van der Waals surface area contributed by atoms with Gasteiger partial charge in [0.1, 0.15) is 11.3 Å². The van der Waals surface area contributed by atoms with Gasteiger partial charge in [0.2, 0.25) is 0 Å². The molecule has 5 heteroatoms. The van der Waals surface area contributed by atoms with E-state index in [4.69, 9.17) is 11.6 Å². The van der Waals surface area contributed by atoms with Gasteiger partial charge in [-0.2, -0.15) is 0 Å². The average molecular weight is 279 g/mol. The van der Waals surface area contributed by atoms with Crippen LogP contribution in [-0.2, 0) is 5.88 Å². The van der Waals surface area contributed by atoms with E-state index < -0.39 is 0 Å². The van der Waals surface area contributed by atoms with Crippen LogP contribution in [0.25, 0.3) is 11.2 Å². The van der Waals surface area contributed by atoms with Gasteiger partial charge in [0, 0.05) is 18.8 Å². The monoisotopic (exact) mass is 278 g/mol. The van der Waals surface area contributed by atoms with Crippen molar-refractivity contribution in [2.75, 3.05) is 19.6 Å². The molecule has 0 aliphatic carbocycles. The highest BCUT2D eigenvalue weighted by atomic mass is 35.5. The Hall–Kier alpha value is -1.13. The second-order valence-corrected chi connectivity index (χ2v) is 5.50. The summed E-state index contributed by atoms with van der Waals surface area (Å²) >= 11 is 6.04. The van der Waals surface area contributed by atoms with Crippen LogP contribution < -0.4 is 0 Å². The minimum Gasteiger partial charge on any atom is -0.308 e. The third-order valence-corrected chi connectivity index (χ3v) is 4.04. The minimum atomic E-state index is 0.353. The number of hydrogen-bond donors (Lipinski definition) is 0. The fourth-order valence-electron chi connectivity index (χ4n) is 2.95. The van der Waals surface area contributed by atoms with E-state index in [0.29, 0.717) is 11.9 Å². The molecule has 1 aliphatic heterocycles. The lowest BCUT2D eigenvalue weighted by atomic mass is 10.3. The number of imidazole rings is 1. The zero-order chi connectivity index (χ0) is 13.2. The highest BCUT2D eigenvalue weighted by Crippen LogP contribution is 2.22. The Kier molecular flexibility index (Phi) is 3.71. The van der Waals surface area contributed by atoms with Crippen molar-refractivity contribution in [1.29, 1.82) is 0 Å². The molecule has 102 valence electrons. The summed E-state index contributed by atoms with van der Waals surface area (Å²) < 4.78 is 2.20. The van der Waals surface area contributed by atoms with Gasteiger partial charge in [0.05, 0.1) is 5.88 Å². The molecule has 3 heterocycles. The maximum atomic E-state index is 6.04. The molecule has 19 heavy (non-hydrogen) atoms. The van der Waals surface area contributed by atoms with Crippen molar-refractivity contribution in [3.63, 3.8) is 0 Å². The Morgan fingerprint density at radius 2 is 2.16 bits per heavy atom. The van der Waals surface area contributed by atoms with Crippen LogP contribution in [0, 0.1) is 0 Å². The first-order chi connectivity index (χ1) is 9.29. The first-order valence-corrected chi connectivity index (χ1v) is 7.43. The molecule has 1 saturated heterocycles. The van der Waals surface area contributed by atoms with Crippen LogP contribution in [0.3, 0.4) is 0 Å². The van der Waals surface area contributed by atoms with Crippen molar-refractivity contribution < 1.29 is 0 Å². The molecule has 1 atom stereocenters. The summed E-state index contributed by atoms with van der Waals surface area (Å²) in [5.74, 6) is 1.35. The standard InChI is InChI=1S/C14H19ClN4/c1-11(10-18-7-2-3-8-18)19-13(9-15)17-12-5-4-6-16-14(12)19/h4-6,11H,2-3,7-10H2,1H3. The van der Waals surface area contributed by atoms with Gasteiger partial charge in [-0.1, -0.05) is 0 Å². The zero-order valence-electron chi connectivity index (χ0n) is 11.2. The summed E-state index contributed by atoms with van der Waals surface area (Å²) in [4.78, 5) is 11.6. The van der Waals surface area contributed by atoms with Gasteiger partial charge in [-0.3, -0.25) is 0 Å². The van der Waals surface area contributed by atoms with E-state index in [1.54, 1.807) is 0 Å². The van der Waals surface area contributed by atoms with Crippen molar-refractivity contribution in [3.8, 4) is 0 Å². The topological polar surface area (TPSA) is 34.0 Å². The van der Waals surface area contributed by atoms with Crippen molar-refractivity contribution in [2.24, 2.45) is 0 Å². The quantitative estimate of drug-likeness (QED) is 0.807. The number of aromatic nitrogens is 3. The molecule has 0 radical (unpaired) electrons. The third kappa shape index (κ3) is 2.47. The molecule has 0 amide bonds. The Labute approximate surface area is 118 Å². The van der Waals surface area contributed by atoms with E-state index in [1.165, 1.54) is 25.9 Å². The number of rotatable bonds is 4. The fraction of sp³-hybridized carbons (Fsp3) is 0.571. The minimum absolute atomic E-state index is 0.353. The predicted octanol–water partition coefficient (Wildman–Crippen LogP) is 2.83. The molecule has 3 rings (SSSR count). The van der Waals surface area contributed by atoms with Crippen LogP contribution in [0.1, 0.15) is 31.6 Å². The van der Waals surface area contributed by atoms with Crippen LogP contribution in [0.5, 0.6) is 0 Å². The van der Waals surface area contributed by atoms with Crippen molar-refractivity contribution >= 4 is 22.8 Å². The number of likely N-dealkylation sites (tertiary alicyclic amines) is 1. The highest BCUT2D eigenvalue weighted by molar-refractivity contribution is 6.16. The van der Waals surface area contributed by atoms with Crippen LogP contribution in [-0.4, -0.2) is 39.1 Å². The number of pyridine rings is 1. The van der Waals surface area contributed by atoms with Gasteiger partial charge in [-0.15, -0.1) is 11.6 Å². The Balaban J connectivity index is 1.93. The number of halogens is 1. The molecule has 0 saturated carbocycles. The Bertz CT molecular complexity index is 560. The molecular formula is C14H19ClN4. The molecule has 4 nitrogen and oxygen atoms in total. The van der Waals surface area contributed by atoms with E-state index in [0.717, 1.165) is 23.5 Å². The van der Waals surface area contributed by atoms with Crippen molar-refractivity contribution in [3.05, 3.63) is 24.2 Å².